The summed E-state index contributed by atoms with van der Waals surface area (Å²) in [5.41, 5.74) is 1.57. The second-order valence-corrected chi connectivity index (χ2v) is 12.2. The Kier molecular flexibility index (Phi) is 8.93. The Balaban J connectivity index is 1.36. The lowest BCUT2D eigenvalue weighted by Crippen LogP contribution is -2.42. The van der Waals surface area contributed by atoms with Crippen molar-refractivity contribution in [3.8, 4) is 0 Å². The van der Waals surface area contributed by atoms with Crippen LogP contribution in [0.5, 0.6) is 0 Å². The summed E-state index contributed by atoms with van der Waals surface area (Å²) < 4.78 is 27.3. The number of halogens is 2. The fourth-order valence-electron chi connectivity index (χ4n) is 4.79. The number of nitrogens with one attached hydrogen (secondary N) is 1. The number of amides is 2. The van der Waals surface area contributed by atoms with Crippen LogP contribution in [0.3, 0.4) is 0 Å². The Morgan fingerprint density at radius 2 is 1.56 bits per heavy atom. The molecule has 2 amide bonds. The molecule has 7 nitrogen and oxygen atoms in total. The first kappa shape index (κ1) is 26.9. The Morgan fingerprint density at radius 1 is 0.889 bits per heavy atom. The molecule has 2 aromatic rings. The molecule has 2 fully saturated rings. The lowest BCUT2D eigenvalue weighted by molar-refractivity contribution is -0.120. The number of sulfonamides is 1. The molecule has 194 valence electrons. The van der Waals surface area contributed by atoms with Crippen molar-refractivity contribution in [2.24, 2.45) is 5.92 Å². The highest BCUT2D eigenvalue weighted by atomic mass is 35.5. The van der Waals surface area contributed by atoms with Crippen molar-refractivity contribution < 1.29 is 18.0 Å². The number of hydrogen-bond donors (Lipinski definition) is 1. The number of rotatable bonds is 6. The quantitative estimate of drug-likeness (QED) is 0.535. The van der Waals surface area contributed by atoms with Crippen LogP contribution in [0, 0.1) is 5.92 Å². The fourth-order valence-corrected chi connectivity index (χ4v) is 6.66. The maximum atomic E-state index is 13.2. The summed E-state index contributed by atoms with van der Waals surface area (Å²) in [4.78, 5) is 28.1. The van der Waals surface area contributed by atoms with E-state index in [0.717, 1.165) is 38.8 Å². The Morgan fingerprint density at radius 3 is 2.22 bits per heavy atom. The van der Waals surface area contributed by atoms with Gasteiger partial charge in [0.05, 0.1) is 27.0 Å². The van der Waals surface area contributed by atoms with Gasteiger partial charge in [-0.2, -0.15) is 0 Å². The zero-order chi connectivity index (χ0) is 25.7. The Labute approximate surface area is 222 Å². The molecule has 1 N–H and O–H groups in total. The summed E-state index contributed by atoms with van der Waals surface area (Å²) in [6, 6.07) is 11.9. The van der Waals surface area contributed by atoms with Gasteiger partial charge in [0.25, 0.3) is 5.91 Å². The molecule has 2 aliphatic rings. The molecule has 0 saturated carbocycles. The van der Waals surface area contributed by atoms with Crippen LogP contribution in [0.1, 0.15) is 54.4 Å². The Hall–Kier alpha value is -2.13. The third-order valence-electron chi connectivity index (χ3n) is 6.86. The van der Waals surface area contributed by atoms with Crippen LogP contribution >= 0.6 is 23.2 Å². The van der Waals surface area contributed by atoms with Gasteiger partial charge in [-0.25, -0.2) is 12.7 Å². The van der Waals surface area contributed by atoms with E-state index in [1.807, 2.05) is 4.90 Å². The van der Waals surface area contributed by atoms with Crippen molar-refractivity contribution in [1.82, 2.24) is 9.21 Å². The van der Waals surface area contributed by atoms with E-state index in [1.54, 1.807) is 42.5 Å². The van der Waals surface area contributed by atoms with Gasteiger partial charge >= 0.3 is 0 Å². The van der Waals surface area contributed by atoms with Crippen LogP contribution in [0.4, 0.5) is 5.69 Å². The molecule has 2 heterocycles. The van der Waals surface area contributed by atoms with E-state index in [1.165, 1.54) is 4.31 Å². The van der Waals surface area contributed by atoms with Gasteiger partial charge in [0, 0.05) is 32.1 Å². The normalized spacial score (nSPS) is 18.0. The molecule has 0 radical (unpaired) electrons. The number of likely N-dealkylation sites (tertiary alicyclic amines) is 1. The number of benzene rings is 2. The van der Waals surface area contributed by atoms with Crippen LogP contribution in [0.25, 0.3) is 0 Å². The van der Waals surface area contributed by atoms with Gasteiger partial charge in [-0.1, -0.05) is 54.2 Å². The van der Waals surface area contributed by atoms with Gasteiger partial charge in [0.15, 0.2) is 0 Å². The average molecular weight is 553 g/mol. The van der Waals surface area contributed by atoms with Crippen molar-refractivity contribution in [3.63, 3.8) is 0 Å². The average Bonchev–Trinajstić information content (AvgIpc) is 3.16. The van der Waals surface area contributed by atoms with Crippen molar-refractivity contribution in [3.05, 3.63) is 63.6 Å². The number of nitrogens with zero attached hydrogens (tertiary/aromatic N) is 2. The first-order valence-corrected chi connectivity index (χ1v) is 14.7. The van der Waals surface area contributed by atoms with E-state index < -0.39 is 10.0 Å². The van der Waals surface area contributed by atoms with Gasteiger partial charge in [-0.15, -0.1) is 0 Å². The molecule has 2 aliphatic heterocycles. The summed E-state index contributed by atoms with van der Waals surface area (Å²) in [7, 11) is -3.56. The van der Waals surface area contributed by atoms with Gasteiger partial charge in [-0.3, -0.25) is 9.59 Å². The summed E-state index contributed by atoms with van der Waals surface area (Å²) >= 11 is 11.9. The number of piperidine rings is 1. The van der Waals surface area contributed by atoms with Gasteiger partial charge in [0.2, 0.25) is 15.9 Å². The lowest BCUT2D eigenvalue weighted by Gasteiger charge is -2.31. The van der Waals surface area contributed by atoms with Crippen LogP contribution in [0.2, 0.25) is 10.0 Å². The Bertz CT molecular complexity index is 1210. The predicted molar refractivity (Wildman–Crippen MR) is 143 cm³/mol. The SMILES string of the molecule is O=C(Nc1ccccc1C(=O)N1CCCCCC1)C1CCN(S(=O)(=O)Cc2ccc(Cl)c(Cl)c2)CC1. The fraction of sp³-hybridized carbons (Fsp3) is 0.462. The molecule has 0 bridgehead atoms. The van der Waals surface area contributed by atoms with E-state index >= 15 is 0 Å². The molecule has 0 atom stereocenters. The first-order chi connectivity index (χ1) is 17.2. The molecule has 2 saturated heterocycles. The lowest BCUT2D eigenvalue weighted by atomic mass is 9.97. The standard InChI is InChI=1S/C26H31Cl2N3O4S/c27-22-10-9-19(17-23(22)28)18-36(34,35)31-15-11-20(12-16-31)25(32)29-24-8-4-3-7-21(24)26(33)30-13-5-1-2-6-14-30/h3-4,7-10,17,20H,1-2,5-6,11-16,18H2,(H,29,32). The molecule has 4 rings (SSSR count). The summed E-state index contributed by atoms with van der Waals surface area (Å²) in [6.45, 7) is 1.98. The highest BCUT2D eigenvalue weighted by Gasteiger charge is 2.32. The molecule has 36 heavy (non-hydrogen) atoms. The molecular formula is C26H31Cl2N3O4S. The summed E-state index contributed by atoms with van der Waals surface area (Å²) in [6.07, 6.45) is 5.07. The van der Waals surface area contributed by atoms with E-state index in [4.69, 9.17) is 23.2 Å². The zero-order valence-electron chi connectivity index (χ0n) is 20.1. The molecule has 0 aliphatic carbocycles. The summed E-state index contributed by atoms with van der Waals surface area (Å²) in [5.74, 6) is -0.751. The van der Waals surface area contributed by atoms with E-state index in [0.29, 0.717) is 39.7 Å². The molecule has 2 aromatic carbocycles. The van der Waals surface area contributed by atoms with Crippen LogP contribution < -0.4 is 5.32 Å². The number of carbonyl (C=O) groups is 2. The van der Waals surface area contributed by atoms with Gasteiger partial charge in [-0.05, 0) is 55.5 Å². The smallest absolute Gasteiger partial charge is 0.255 e. The van der Waals surface area contributed by atoms with Crippen molar-refractivity contribution in [1.29, 1.82) is 0 Å². The number of para-hydroxylation sites is 1. The van der Waals surface area contributed by atoms with Crippen molar-refractivity contribution in [2.75, 3.05) is 31.5 Å². The predicted octanol–water partition coefficient (Wildman–Crippen LogP) is 5.19. The summed E-state index contributed by atoms with van der Waals surface area (Å²) in [5, 5.41) is 3.63. The molecule has 0 aromatic heterocycles. The van der Waals surface area contributed by atoms with Gasteiger partial charge in [0.1, 0.15) is 0 Å². The minimum atomic E-state index is -3.56. The maximum absolute atomic E-state index is 13.2. The topological polar surface area (TPSA) is 86.8 Å². The largest absolute Gasteiger partial charge is 0.339 e. The highest BCUT2D eigenvalue weighted by molar-refractivity contribution is 7.88. The minimum absolute atomic E-state index is 0.0592. The maximum Gasteiger partial charge on any atom is 0.255 e. The number of anilines is 1. The molecular weight excluding hydrogens is 521 g/mol. The van der Waals surface area contributed by atoms with E-state index in [9.17, 15) is 18.0 Å². The molecule has 10 heteroatoms. The van der Waals surface area contributed by atoms with Gasteiger partial charge < -0.3 is 10.2 Å². The third kappa shape index (κ3) is 6.59. The third-order valence-corrected chi connectivity index (χ3v) is 9.45. The molecule has 0 spiro atoms. The van der Waals surface area contributed by atoms with E-state index in [2.05, 4.69) is 5.32 Å². The minimum Gasteiger partial charge on any atom is -0.339 e. The second kappa shape index (κ2) is 11.9. The van der Waals surface area contributed by atoms with Crippen LogP contribution in [-0.2, 0) is 20.6 Å². The number of carbonyl (C=O) groups excluding carboxylic acids is 2. The zero-order valence-corrected chi connectivity index (χ0v) is 22.4. The molecule has 0 unspecified atom stereocenters. The van der Waals surface area contributed by atoms with Crippen molar-refractivity contribution >= 4 is 50.7 Å². The highest BCUT2D eigenvalue weighted by Crippen LogP contribution is 2.27. The monoisotopic (exact) mass is 551 g/mol. The second-order valence-electron chi connectivity index (χ2n) is 9.42. The number of hydrogen-bond acceptors (Lipinski definition) is 4. The first-order valence-electron chi connectivity index (χ1n) is 12.4. The van der Waals surface area contributed by atoms with Crippen molar-refractivity contribution in [2.45, 2.75) is 44.3 Å². The van der Waals surface area contributed by atoms with E-state index in [-0.39, 0.29) is 36.6 Å². The van der Waals surface area contributed by atoms with Crippen LogP contribution in [-0.4, -0.2) is 55.6 Å². The van der Waals surface area contributed by atoms with Crippen LogP contribution in [0.15, 0.2) is 42.5 Å².